The Balaban J connectivity index is 1.77. The monoisotopic (exact) mass is 661 g/mol. The summed E-state index contributed by atoms with van der Waals surface area (Å²) >= 11 is 12.7. The zero-order valence-electron chi connectivity index (χ0n) is 25.0. The molecule has 1 N–H and O–H groups in total. The van der Waals surface area contributed by atoms with E-state index in [4.69, 9.17) is 32.7 Å². The highest BCUT2D eigenvalue weighted by Gasteiger charge is 2.35. The van der Waals surface area contributed by atoms with Crippen LogP contribution in [-0.4, -0.2) is 64.2 Å². The van der Waals surface area contributed by atoms with Crippen LogP contribution in [0.4, 0.5) is 5.69 Å². The van der Waals surface area contributed by atoms with Gasteiger partial charge in [-0.25, -0.2) is 8.42 Å². The van der Waals surface area contributed by atoms with E-state index in [0.29, 0.717) is 21.4 Å². The molecule has 0 aromatic heterocycles. The Morgan fingerprint density at radius 2 is 1.68 bits per heavy atom. The molecule has 1 fully saturated rings. The molecule has 0 unspecified atom stereocenters. The number of anilines is 1. The standard InChI is InChI=1S/C32H37Cl2N3O6S/c1-42-26-15-16-28(30(19-26)43-2)37(44(3,40)41)21-31(38)36(20-23-13-14-24(33)18-27(23)34)29(17-22-9-5-4-6-10-22)32(39)35-25-11-7-8-12-25/h4-6,9-10,13-16,18-19,25,29H,7-8,11-12,17,20-21H2,1-3H3,(H,35,39)/t29-/m0/s1. The van der Waals surface area contributed by atoms with E-state index in [1.807, 2.05) is 30.3 Å². The summed E-state index contributed by atoms with van der Waals surface area (Å²) in [5.41, 5.74) is 1.56. The molecular weight excluding hydrogens is 625 g/mol. The van der Waals surface area contributed by atoms with Crippen molar-refractivity contribution in [2.75, 3.05) is 31.3 Å². The van der Waals surface area contributed by atoms with Crippen LogP contribution in [0.25, 0.3) is 0 Å². The van der Waals surface area contributed by atoms with Crippen LogP contribution in [0.2, 0.25) is 10.0 Å². The summed E-state index contributed by atoms with van der Waals surface area (Å²) < 4.78 is 38.0. The van der Waals surface area contributed by atoms with Gasteiger partial charge in [0, 0.05) is 35.1 Å². The molecule has 0 spiro atoms. The highest BCUT2D eigenvalue weighted by Crippen LogP contribution is 2.34. The largest absolute Gasteiger partial charge is 0.497 e. The zero-order valence-corrected chi connectivity index (χ0v) is 27.3. The maximum Gasteiger partial charge on any atom is 0.244 e. The first-order chi connectivity index (χ1) is 21.0. The average molecular weight is 663 g/mol. The third kappa shape index (κ3) is 8.58. The molecule has 0 bridgehead atoms. The van der Waals surface area contributed by atoms with Crippen LogP contribution in [-0.2, 0) is 32.6 Å². The number of sulfonamides is 1. The van der Waals surface area contributed by atoms with Crippen molar-refractivity contribution in [1.29, 1.82) is 0 Å². The first-order valence-electron chi connectivity index (χ1n) is 14.3. The summed E-state index contributed by atoms with van der Waals surface area (Å²) in [5.74, 6) is -0.250. The van der Waals surface area contributed by atoms with Gasteiger partial charge in [-0.3, -0.25) is 13.9 Å². The number of hydrogen-bond donors (Lipinski definition) is 1. The van der Waals surface area contributed by atoms with Gasteiger partial charge in [0.15, 0.2) is 0 Å². The van der Waals surface area contributed by atoms with Crippen molar-refractivity contribution >= 4 is 50.7 Å². The Bertz CT molecular complexity index is 1570. The van der Waals surface area contributed by atoms with E-state index in [9.17, 15) is 18.0 Å². The van der Waals surface area contributed by atoms with E-state index in [1.54, 1.807) is 24.3 Å². The number of halogens is 2. The van der Waals surface area contributed by atoms with Crippen molar-refractivity contribution in [3.8, 4) is 11.5 Å². The minimum atomic E-state index is -3.99. The number of benzene rings is 3. The lowest BCUT2D eigenvalue weighted by atomic mass is 10.0. The van der Waals surface area contributed by atoms with Gasteiger partial charge in [0.25, 0.3) is 0 Å². The van der Waals surface area contributed by atoms with Crippen LogP contribution in [0, 0.1) is 0 Å². The van der Waals surface area contributed by atoms with Crippen LogP contribution >= 0.6 is 23.2 Å². The highest BCUT2D eigenvalue weighted by molar-refractivity contribution is 7.92. The molecule has 236 valence electrons. The smallest absolute Gasteiger partial charge is 0.244 e. The number of nitrogens with one attached hydrogen (secondary N) is 1. The fraction of sp³-hybridized carbons (Fsp3) is 0.375. The fourth-order valence-electron chi connectivity index (χ4n) is 5.34. The molecule has 0 aliphatic heterocycles. The predicted molar refractivity (Wildman–Crippen MR) is 173 cm³/mol. The summed E-state index contributed by atoms with van der Waals surface area (Å²) in [4.78, 5) is 29.7. The molecule has 44 heavy (non-hydrogen) atoms. The maximum absolute atomic E-state index is 14.4. The lowest BCUT2D eigenvalue weighted by Gasteiger charge is -2.34. The number of carbonyl (C=O) groups is 2. The summed E-state index contributed by atoms with van der Waals surface area (Å²) in [6.45, 7) is -0.642. The summed E-state index contributed by atoms with van der Waals surface area (Å²) in [6, 6.07) is 18.0. The van der Waals surface area contributed by atoms with Crippen LogP contribution in [0.5, 0.6) is 11.5 Å². The highest BCUT2D eigenvalue weighted by atomic mass is 35.5. The Morgan fingerprint density at radius 3 is 2.30 bits per heavy atom. The van der Waals surface area contributed by atoms with Crippen molar-refractivity contribution in [2.45, 2.75) is 50.7 Å². The summed E-state index contributed by atoms with van der Waals surface area (Å²) in [5, 5.41) is 3.88. The minimum Gasteiger partial charge on any atom is -0.497 e. The molecule has 3 aromatic rings. The van der Waals surface area contributed by atoms with Crippen LogP contribution < -0.4 is 19.1 Å². The second-order valence-corrected chi connectivity index (χ2v) is 13.5. The molecule has 2 amide bonds. The second kappa shape index (κ2) is 15.0. The van der Waals surface area contributed by atoms with Gasteiger partial charge in [0.1, 0.15) is 24.1 Å². The van der Waals surface area contributed by atoms with Crippen LogP contribution in [0.3, 0.4) is 0 Å². The van der Waals surface area contributed by atoms with Crippen molar-refractivity contribution in [1.82, 2.24) is 10.2 Å². The number of methoxy groups -OCH3 is 2. The third-order valence-corrected chi connectivity index (χ3v) is 9.38. The lowest BCUT2D eigenvalue weighted by molar-refractivity contribution is -0.140. The van der Waals surface area contributed by atoms with Gasteiger partial charge in [-0.1, -0.05) is 72.4 Å². The number of ether oxygens (including phenoxy) is 2. The SMILES string of the molecule is COc1ccc(N(CC(=O)N(Cc2ccc(Cl)cc2Cl)[C@@H](Cc2ccccc2)C(=O)NC2CCCC2)S(C)(=O)=O)c(OC)c1. The van der Waals surface area contributed by atoms with Crippen LogP contribution in [0.1, 0.15) is 36.8 Å². The number of carbonyl (C=O) groups excluding carboxylic acids is 2. The molecule has 1 aliphatic rings. The van der Waals surface area contributed by atoms with Gasteiger partial charge in [-0.05, 0) is 48.2 Å². The van der Waals surface area contributed by atoms with E-state index in [0.717, 1.165) is 41.8 Å². The van der Waals surface area contributed by atoms with Crippen molar-refractivity contribution in [2.24, 2.45) is 0 Å². The molecular formula is C32H37Cl2N3O6S. The minimum absolute atomic E-state index is 0.00734. The van der Waals surface area contributed by atoms with E-state index < -0.39 is 28.5 Å². The summed E-state index contributed by atoms with van der Waals surface area (Å²) in [6.07, 6.45) is 4.98. The van der Waals surface area contributed by atoms with Gasteiger partial charge in [-0.2, -0.15) is 0 Å². The molecule has 0 heterocycles. The second-order valence-electron chi connectivity index (χ2n) is 10.8. The predicted octanol–water partition coefficient (Wildman–Crippen LogP) is 5.48. The Morgan fingerprint density at radius 1 is 0.977 bits per heavy atom. The maximum atomic E-state index is 14.4. The van der Waals surface area contributed by atoms with E-state index in [2.05, 4.69) is 5.32 Å². The topological polar surface area (TPSA) is 105 Å². The Kier molecular flexibility index (Phi) is 11.4. The molecule has 1 saturated carbocycles. The number of nitrogens with zero attached hydrogens (tertiary/aromatic N) is 2. The first kappa shape index (κ1) is 33.4. The van der Waals surface area contributed by atoms with E-state index in [1.165, 1.54) is 31.3 Å². The molecule has 12 heteroatoms. The lowest BCUT2D eigenvalue weighted by Crippen LogP contribution is -2.54. The van der Waals surface area contributed by atoms with Gasteiger partial charge in [0.05, 0.1) is 26.2 Å². The Hall–Kier alpha value is -3.47. The molecule has 9 nitrogen and oxygen atoms in total. The van der Waals surface area contributed by atoms with E-state index in [-0.39, 0.29) is 36.4 Å². The van der Waals surface area contributed by atoms with Crippen molar-refractivity contribution in [3.05, 3.63) is 87.9 Å². The molecule has 0 saturated heterocycles. The molecule has 1 atom stereocenters. The van der Waals surface area contributed by atoms with Crippen LogP contribution in [0.15, 0.2) is 66.7 Å². The number of hydrogen-bond acceptors (Lipinski definition) is 6. The Labute approximate surface area is 269 Å². The van der Waals surface area contributed by atoms with Crippen molar-refractivity contribution < 1.29 is 27.5 Å². The molecule has 0 radical (unpaired) electrons. The summed E-state index contributed by atoms with van der Waals surface area (Å²) in [7, 11) is -1.10. The number of rotatable bonds is 13. The average Bonchev–Trinajstić information content (AvgIpc) is 3.51. The van der Waals surface area contributed by atoms with Crippen molar-refractivity contribution in [3.63, 3.8) is 0 Å². The molecule has 4 rings (SSSR count). The quantitative estimate of drug-likeness (QED) is 0.260. The third-order valence-electron chi connectivity index (χ3n) is 7.66. The molecule has 3 aromatic carbocycles. The number of amides is 2. The fourth-order valence-corrected chi connectivity index (χ4v) is 6.66. The van der Waals surface area contributed by atoms with Gasteiger partial charge in [0.2, 0.25) is 21.8 Å². The van der Waals surface area contributed by atoms with E-state index >= 15 is 0 Å². The van der Waals surface area contributed by atoms with Gasteiger partial charge >= 0.3 is 0 Å². The zero-order chi connectivity index (χ0) is 31.9. The van der Waals surface area contributed by atoms with Gasteiger partial charge < -0.3 is 19.7 Å². The first-order valence-corrected chi connectivity index (χ1v) is 16.9. The van der Waals surface area contributed by atoms with Gasteiger partial charge in [-0.15, -0.1) is 0 Å². The molecule has 1 aliphatic carbocycles. The normalized spacial score (nSPS) is 14.1.